The van der Waals surface area contributed by atoms with Gasteiger partial charge in [-0.05, 0) is 18.8 Å². The van der Waals surface area contributed by atoms with Crippen molar-refractivity contribution in [2.45, 2.75) is 50.3 Å². The summed E-state index contributed by atoms with van der Waals surface area (Å²) in [4.78, 5) is 10.6. The number of rotatable bonds is 6. The Morgan fingerprint density at radius 1 is 1.50 bits per heavy atom. The minimum atomic E-state index is -0.666. The van der Waals surface area contributed by atoms with Crippen molar-refractivity contribution in [3.63, 3.8) is 0 Å². The lowest BCUT2D eigenvalue weighted by atomic mass is 10.1. The predicted molar refractivity (Wildman–Crippen MR) is 57.5 cm³/mol. The molecule has 0 bridgehead atoms. The number of ether oxygens (including phenoxy) is 1. The van der Waals surface area contributed by atoms with E-state index in [-0.39, 0.29) is 5.97 Å². The van der Waals surface area contributed by atoms with Gasteiger partial charge in [-0.15, -0.1) is 11.6 Å². The minimum Gasteiger partial charge on any atom is -0.468 e. The fourth-order valence-corrected chi connectivity index (χ4v) is 2.24. The number of hydrogen-bond donors (Lipinski definition) is 0. The first kappa shape index (κ1) is 11.8. The van der Waals surface area contributed by atoms with E-state index in [1.807, 2.05) is 0 Å². The van der Waals surface area contributed by atoms with E-state index >= 15 is 0 Å². The molecule has 0 heterocycles. The maximum atomic E-state index is 11.2. The van der Waals surface area contributed by atoms with E-state index in [9.17, 15) is 4.79 Å². The summed E-state index contributed by atoms with van der Waals surface area (Å²) >= 11 is 6.10. The number of unbranched alkanes of at least 4 members (excludes halogenated alkanes) is 3. The molecule has 0 spiro atoms. The first-order valence-corrected chi connectivity index (χ1v) is 5.80. The smallest absolute Gasteiger partial charge is 0.327 e. The van der Waals surface area contributed by atoms with Crippen molar-refractivity contribution in [2.75, 3.05) is 7.11 Å². The van der Waals surface area contributed by atoms with E-state index in [4.69, 9.17) is 11.6 Å². The van der Waals surface area contributed by atoms with E-state index < -0.39 is 4.87 Å². The molecule has 0 aliphatic heterocycles. The fraction of sp³-hybridized carbons (Fsp3) is 0.909. The molecule has 1 aliphatic carbocycles. The number of alkyl halides is 1. The summed E-state index contributed by atoms with van der Waals surface area (Å²) in [5.74, 6) is 0.105. The second-order valence-corrected chi connectivity index (χ2v) is 4.78. The number of carbonyl (C=O) groups is 1. The zero-order valence-corrected chi connectivity index (χ0v) is 9.77. The molecule has 0 aromatic rings. The molecule has 1 aliphatic rings. The summed E-state index contributed by atoms with van der Waals surface area (Å²) in [5.41, 5.74) is 0. The van der Waals surface area contributed by atoms with Crippen LogP contribution >= 0.6 is 11.6 Å². The van der Waals surface area contributed by atoms with E-state index in [0.717, 1.165) is 12.8 Å². The van der Waals surface area contributed by atoms with Crippen molar-refractivity contribution >= 4 is 17.6 Å². The topological polar surface area (TPSA) is 26.3 Å². The first-order chi connectivity index (χ1) is 6.65. The number of hydrogen-bond acceptors (Lipinski definition) is 2. The summed E-state index contributed by atoms with van der Waals surface area (Å²) < 4.78 is 4.66. The molecule has 2 unspecified atom stereocenters. The SMILES string of the molecule is CCCCCCC1CC1(Cl)C(=O)OC. The second kappa shape index (κ2) is 5.01. The van der Waals surface area contributed by atoms with Crippen LogP contribution in [0.15, 0.2) is 0 Å². The van der Waals surface area contributed by atoms with Crippen molar-refractivity contribution in [1.82, 2.24) is 0 Å². The molecule has 3 heteroatoms. The van der Waals surface area contributed by atoms with Gasteiger partial charge in [0.05, 0.1) is 7.11 Å². The molecule has 82 valence electrons. The van der Waals surface area contributed by atoms with Gasteiger partial charge in [-0.3, -0.25) is 4.79 Å². The standard InChI is InChI=1S/C11H19ClO2/c1-3-4-5-6-7-9-8-11(9,12)10(13)14-2/h9H,3-8H2,1-2H3. The van der Waals surface area contributed by atoms with E-state index in [0.29, 0.717) is 5.92 Å². The Morgan fingerprint density at radius 3 is 2.79 bits per heavy atom. The van der Waals surface area contributed by atoms with Crippen LogP contribution in [0.1, 0.15) is 45.4 Å². The predicted octanol–water partition coefficient (Wildman–Crippen LogP) is 3.13. The zero-order chi connectivity index (χ0) is 10.6. The summed E-state index contributed by atoms with van der Waals surface area (Å²) in [7, 11) is 1.40. The third-order valence-corrected chi connectivity index (χ3v) is 3.58. The molecule has 0 amide bonds. The fourth-order valence-electron chi connectivity index (χ4n) is 1.87. The summed E-state index contributed by atoms with van der Waals surface area (Å²) in [5, 5.41) is 0. The average molecular weight is 219 g/mol. The Bertz CT molecular complexity index is 205. The molecule has 0 aromatic carbocycles. The van der Waals surface area contributed by atoms with Gasteiger partial charge in [0.1, 0.15) is 4.87 Å². The van der Waals surface area contributed by atoms with Crippen LogP contribution in [-0.2, 0) is 9.53 Å². The quantitative estimate of drug-likeness (QED) is 0.389. The van der Waals surface area contributed by atoms with Gasteiger partial charge in [-0.1, -0.05) is 32.6 Å². The maximum absolute atomic E-state index is 11.2. The molecule has 2 atom stereocenters. The third kappa shape index (κ3) is 2.63. The summed E-state index contributed by atoms with van der Waals surface area (Å²) in [6.07, 6.45) is 6.82. The highest BCUT2D eigenvalue weighted by Gasteiger charge is 2.59. The lowest BCUT2D eigenvalue weighted by Gasteiger charge is -2.05. The highest BCUT2D eigenvalue weighted by Crippen LogP contribution is 2.53. The molecule has 1 rings (SSSR count). The van der Waals surface area contributed by atoms with Crippen LogP contribution in [0.4, 0.5) is 0 Å². The van der Waals surface area contributed by atoms with Crippen LogP contribution in [-0.4, -0.2) is 18.0 Å². The Balaban J connectivity index is 2.15. The van der Waals surface area contributed by atoms with Gasteiger partial charge >= 0.3 is 5.97 Å². The molecule has 1 saturated carbocycles. The lowest BCUT2D eigenvalue weighted by Crippen LogP contribution is -2.19. The number of halogens is 1. The normalized spacial score (nSPS) is 30.1. The minimum absolute atomic E-state index is 0.250. The molecular weight excluding hydrogens is 200 g/mol. The van der Waals surface area contributed by atoms with Crippen molar-refractivity contribution in [3.05, 3.63) is 0 Å². The Labute approximate surface area is 91.0 Å². The van der Waals surface area contributed by atoms with Crippen LogP contribution < -0.4 is 0 Å². The van der Waals surface area contributed by atoms with Gasteiger partial charge in [-0.2, -0.15) is 0 Å². The molecule has 14 heavy (non-hydrogen) atoms. The Kier molecular flexibility index (Phi) is 4.24. The van der Waals surface area contributed by atoms with Gasteiger partial charge in [0.25, 0.3) is 0 Å². The molecule has 0 radical (unpaired) electrons. The van der Waals surface area contributed by atoms with E-state index in [1.165, 1.54) is 32.8 Å². The largest absolute Gasteiger partial charge is 0.468 e. The highest BCUT2D eigenvalue weighted by atomic mass is 35.5. The van der Waals surface area contributed by atoms with Crippen molar-refractivity contribution in [3.8, 4) is 0 Å². The lowest BCUT2D eigenvalue weighted by molar-refractivity contribution is -0.141. The number of esters is 1. The zero-order valence-electron chi connectivity index (χ0n) is 9.01. The van der Waals surface area contributed by atoms with Gasteiger partial charge in [0.2, 0.25) is 0 Å². The Morgan fingerprint density at radius 2 is 2.21 bits per heavy atom. The van der Waals surface area contributed by atoms with Crippen molar-refractivity contribution < 1.29 is 9.53 Å². The van der Waals surface area contributed by atoms with Crippen LogP contribution in [0.25, 0.3) is 0 Å². The first-order valence-electron chi connectivity index (χ1n) is 5.42. The molecule has 0 saturated heterocycles. The molecular formula is C11H19ClO2. The van der Waals surface area contributed by atoms with Crippen LogP contribution in [0.5, 0.6) is 0 Å². The van der Waals surface area contributed by atoms with Crippen molar-refractivity contribution in [1.29, 1.82) is 0 Å². The molecule has 1 fully saturated rings. The maximum Gasteiger partial charge on any atom is 0.327 e. The number of carbonyl (C=O) groups excluding carboxylic acids is 1. The van der Waals surface area contributed by atoms with Gasteiger partial charge in [0.15, 0.2) is 0 Å². The Hall–Kier alpha value is -0.240. The average Bonchev–Trinajstić information content (AvgIpc) is 2.85. The second-order valence-electron chi connectivity index (χ2n) is 4.10. The monoisotopic (exact) mass is 218 g/mol. The van der Waals surface area contributed by atoms with Crippen LogP contribution in [0, 0.1) is 5.92 Å². The molecule has 0 aromatic heterocycles. The summed E-state index contributed by atoms with van der Waals surface area (Å²) in [6.45, 7) is 2.19. The highest BCUT2D eigenvalue weighted by molar-refractivity contribution is 6.36. The van der Waals surface area contributed by atoms with Crippen LogP contribution in [0.3, 0.4) is 0 Å². The van der Waals surface area contributed by atoms with Crippen LogP contribution in [0.2, 0.25) is 0 Å². The number of methoxy groups -OCH3 is 1. The van der Waals surface area contributed by atoms with E-state index in [1.54, 1.807) is 0 Å². The van der Waals surface area contributed by atoms with Crippen molar-refractivity contribution in [2.24, 2.45) is 5.92 Å². The van der Waals surface area contributed by atoms with Gasteiger partial charge in [-0.25, -0.2) is 0 Å². The summed E-state index contributed by atoms with van der Waals surface area (Å²) in [6, 6.07) is 0. The van der Waals surface area contributed by atoms with Gasteiger partial charge < -0.3 is 4.74 Å². The van der Waals surface area contributed by atoms with E-state index in [2.05, 4.69) is 11.7 Å². The molecule has 2 nitrogen and oxygen atoms in total. The van der Waals surface area contributed by atoms with Gasteiger partial charge in [0, 0.05) is 0 Å². The molecule has 0 N–H and O–H groups in total. The third-order valence-electron chi connectivity index (χ3n) is 2.96.